The molecule has 1 amide bonds. The molecule has 1 aliphatic heterocycles. The molecule has 4 nitrogen and oxygen atoms in total. The summed E-state index contributed by atoms with van der Waals surface area (Å²) in [6.45, 7) is 1.67. The van der Waals surface area contributed by atoms with Crippen LogP contribution in [-0.2, 0) is 4.79 Å². The standard InChI is InChI=1S/C10H11NO3/c1-6(12)7-3-2-4-8-10(7)14-5-9(13)11-8/h2-4,6,12H,5H2,1H3,(H,11,13). The molecule has 0 saturated carbocycles. The van der Waals surface area contributed by atoms with Gasteiger partial charge in [0.05, 0.1) is 11.8 Å². The van der Waals surface area contributed by atoms with Crippen LogP contribution in [0.5, 0.6) is 5.75 Å². The van der Waals surface area contributed by atoms with Gasteiger partial charge in [0.1, 0.15) is 5.75 Å². The predicted octanol–water partition coefficient (Wildman–Crippen LogP) is 1.07. The molecule has 4 heteroatoms. The SMILES string of the molecule is CC(O)c1cccc2c1OCC(=O)N2. The molecule has 0 aliphatic carbocycles. The Labute approximate surface area is 81.5 Å². The first-order valence-electron chi connectivity index (χ1n) is 4.42. The topological polar surface area (TPSA) is 58.6 Å². The number of amides is 1. The second-order valence-corrected chi connectivity index (χ2v) is 3.24. The number of hydrogen-bond acceptors (Lipinski definition) is 3. The summed E-state index contributed by atoms with van der Waals surface area (Å²) in [5, 5.41) is 12.1. The average molecular weight is 193 g/mol. The number of carbonyl (C=O) groups excluding carboxylic acids is 1. The fourth-order valence-corrected chi connectivity index (χ4v) is 1.47. The van der Waals surface area contributed by atoms with Crippen LogP contribution in [0, 0.1) is 0 Å². The van der Waals surface area contributed by atoms with E-state index in [1.54, 1.807) is 25.1 Å². The number of ether oxygens (including phenoxy) is 1. The Morgan fingerprint density at radius 1 is 1.57 bits per heavy atom. The number of benzene rings is 1. The molecule has 0 radical (unpaired) electrons. The van der Waals surface area contributed by atoms with E-state index in [1.165, 1.54) is 0 Å². The number of aliphatic hydroxyl groups is 1. The Balaban J connectivity index is 2.46. The van der Waals surface area contributed by atoms with Crippen molar-refractivity contribution in [2.75, 3.05) is 11.9 Å². The van der Waals surface area contributed by atoms with E-state index in [0.717, 1.165) is 0 Å². The number of fused-ring (bicyclic) bond motifs is 1. The lowest BCUT2D eigenvalue weighted by Gasteiger charge is -2.21. The number of anilines is 1. The third kappa shape index (κ3) is 1.44. The number of carbonyl (C=O) groups is 1. The van der Waals surface area contributed by atoms with E-state index in [1.807, 2.05) is 0 Å². The zero-order valence-corrected chi connectivity index (χ0v) is 7.78. The molecule has 2 N–H and O–H groups in total. The third-order valence-electron chi connectivity index (χ3n) is 2.12. The van der Waals surface area contributed by atoms with Crippen LogP contribution in [0.2, 0.25) is 0 Å². The molecule has 1 heterocycles. The monoisotopic (exact) mass is 193 g/mol. The molecule has 1 aromatic carbocycles. The van der Waals surface area contributed by atoms with Crippen molar-refractivity contribution in [3.63, 3.8) is 0 Å². The quantitative estimate of drug-likeness (QED) is 0.701. The van der Waals surface area contributed by atoms with Gasteiger partial charge in [-0.1, -0.05) is 12.1 Å². The van der Waals surface area contributed by atoms with E-state index in [9.17, 15) is 9.90 Å². The third-order valence-corrected chi connectivity index (χ3v) is 2.12. The largest absolute Gasteiger partial charge is 0.481 e. The minimum Gasteiger partial charge on any atom is -0.481 e. The Bertz CT molecular complexity index is 374. The first-order chi connectivity index (χ1) is 6.68. The van der Waals surface area contributed by atoms with Crippen molar-refractivity contribution in [3.05, 3.63) is 23.8 Å². The Kier molecular flexibility index (Phi) is 2.13. The molecule has 1 aliphatic rings. The van der Waals surface area contributed by atoms with Crippen LogP contribution in [0.4, 0.5) is 5.69 Å². The van der Waals surface area contributed by atoms with Crippen molar-refractivity contribution in [3.8, 4) is 5.75 Å². The fraction of sp³-hybridized carbons (Fsp3) is 0.300. The Morgan fingerprint density at radius 3 is 3.07 bits per heavy atom. The molecule has 1 aromatic rings. The van der Waals surface area contributed by atoms with Gasteiger partial charge in [-0.2, -0.15) is 0 Å². The van der Waals surface area contributed by atoms with Gasteiger partial charge in [-0.15, -0.1) is 0 Å². The maximum Gasteiger partial charge on any atom is 0.262 e. The number of nitrogens with one attached hydrogen (secondary N) is 1. The van der Waals surface area contributed by atoms with Gasteiger partial charge < -0.3 is 15.2 Å². The van der Waals surface area contributed by atoms with E-state index < -0.39 is 6.10 Å². The highest BCUT2D eigenvalue weighted by atomic mass is 16.5. The second-order valence-electron chi connectivity index (χ2n) is 3.24. The zero-order chi connectivity index (χ0) is 10.1. The van der Waals surface area contributed by atoms with Gasteiger partial charge in [-0.05, 0) is 13.0 Å². The van der Waals surface area contributed by atoms with Gasteiger partial charge in [0.15, 0.2) is 6.61 Å². The van der Waals surface area contributed by atoms with E-state index in [2.05, 4.69) is 5.32 Å². The molecule has 0 spiro atoms. The molecule has 14 heavy (non-hydrogen) atoms. The number of hydrogen-bond donors (Lipinski definition) is 2. The zero-order valence-electron chi connectivity index (χ0n) is 7.78. The normalized spacial score (nSPS) is 16.6. The first-order valence-corrected chi connectivity index (χ1v) is 4.42. The molecule has 74 valence electrons. The summed E-state index contributed by atoms with van der Waals surface area (Å²) >= 11 is 0. The van der Waals surface area contributed by atoms with Gasteiger partial charge in [0, 0.05) is 5.56 Å². The smallest absolute Gasteiger partial charge is 0.262 e. The van der Waals surface area contributed by atoms with Crippen LogP contribution in [-0.4, -0.2) is 17.6 Å². The molecule has 0 fully saturated rings. The summed E-state index contributed by atoms with van der Waals surface area (Å²) in [5.74, 6) is 0.405. The van der Waals surface area contributed by atoms with E-state index >= 15 is 0 Å². The minimum atomic E-state index is -0.597. The van der Waals surface area contributed by atoms with Gasteiger partial charge >= 0.3 is 0 Å². The van der Waals surface area contributed by atoms with Crippen LogP contribution in [0.15, 0.2) is 18.2 Å². The lowest BCUT2D eigenvalue weighted by Crippen LogP contribution is -2.26. The van der Waals surface area contributed by atoms with Gasteiger partial charge in [0.25, 0.3) is 5.91 Å². The summed E-state index contributed by atoms with van der Waals surface area (Å²) in [5.41, 5.74) is 1.32. The molecule has 0 bridgehead atoms. The number of rotatable bonds is 1. The summed E-state index contributed by atoms with van der Waals surface area (Å²) in [4.78, 5) is 11.0. The van der Waals surface area contributed by atoms with Gasteiger partial charge in [0.2, 0.25) is 0 Å². The molecular weight excluding hydrogens is 182 g/mol. The second kappa shape index (κ2) is 3.31. The van der Waals surface area contributed by atoms with Crippen LogP contribution in [0.1, 0.15) is 18.6 Å². The van der Waals surface area contributed by atoms with Crippen molar-refractivity contribution < 1.29 is 14.6 Å². The van der Waals surface area contributed by atoms with E-state index in [-0.39, 0.29) is 12.5 Å². The summed E-state index contributed by atoms with van der Waals surface area (Å²) < 4.78 is 5.26. The minimum absolute atomic E-state index is 0.0106. The number of aliphatic hydroxyl groups excluding tert-OH is 1. The molecule has 2 rings (SSSR count). The lowest BCUT2D eigenvalue weighted by molar-refractivity contribution is -0.118. The Morgan fingerprint density at radius 2 is 2.36 bits per heavy atom. The van der Waals surface area contributed by atoms with Crippen LogP contribution in [0.3, 0.4) is 0 Å². The molecule has 1 unspecified atom stereocenters. The maximum absolute atomic E-state index is 11.0. The van der Waals surface area contributed by atoms with Crippen molar-refractivity contribution in [1.29, 1.82) is 0 Å². The summed E-state index contributed by atoms with van der Waals surface area (Å²) in [7, 11) is 0. The van der Waals surface area contributed by atoms with Crippen LogP contribution in [0.25, 0.3) is 0 Å². The van der Waals surface area contributed by atoms with Crippen molar-refractivity contribution in [2.45, 2.75) is 13.0 Å². The molecule has 1 atom stereocenters. The van der Waals surface area contributed by atoms with Gasteiger partial charge in [-0.3, -0.25) is 4.79 Å². The lowest BCUT2D eigenvalue weighted by atomic mass is 10.1. The van der Waals surface area contributed by atoms with E-state index in [4.69, 9.17) is 4.74 Å². The average Bonchev–Trinajstić information content (AvgIpc) is 2.16. The van der Waals surface area contributed by atoms with Crippen LogP contribution >= 0.6 is 0 Å². The summed E-state index contributed by atoms with van der Waals surface area (Å²) in [6, 6.07) is 5.30. The highest BCUT2D eigenvalue weighted by Crippen LogP contribution is 2.34. The molecule has 0 saturated heterocycles. The molecule has 0 aromatic heterocycles. The highest BCUT2D eigenvalue weighted by molar-refractivity contribution is 5.95. The Hall–Kier alpha value is -1.55. The molecular formula is C10H11NO3. The first kappa shape index (κ1) is 9.02. The summed E-state index contributed by atoms with van der Waals surface area (Å²) in [6.07, 6.45) is -0.597. The predicted molar refractivity (Wildman–Crippen MR) is 51.2 cm³/mol. The maximum atomic E-state index is 11.0. The number of para-hydroxylation sites is 1. The van der Waals surface area contributed by atoms with Crippen molar-refractivity contribution >= 4 is 11.6 Å². The van der Waals surface area contributed by atoms with Crippen molar-refractivity contribution in [1.82, 2.24) is 0 Å². The van der Waals surface area contributed by atoms with Crippen molar-refractivity contribution in [2.24, 2.45) is 0 Å². The van der Waals surface area contributed by atoms with Crippen LogP contribution < -0.4 is 10.1 Å². The highest BCUT2D eigenvalue weighted by Gasteiger charge is 2.20. The van der Waals surface area contributed by atoms with E-state index in [0.29, 0.717) is 17.0 Å². The van der Waals surface area contributed by atoms with Gasteiger partial charge in [-0.25, -0.2) is 0 Å². The fourth-order valence-electron chi connectivity index (χ4n) is 1.47.